The lowest BCUT2D eigenvalue weighted by Gasteiger charge is -2.37. The summed E-state index contributed by atoms with van der Waals surface area (Å²) in [6.45, 7) is 3.23. The Morgan fingerprint density at radius 3 is 2.50 bits per heavy atom. The van der Waals surface area contributed by atoms with E-state index in [-0.39, 0.29) is 11.1 Å². The molecule has 0 saturated heterocycles. The van der Waals surface area contributed by atoms with Crippen LogP contribution in [-0.2, 0) is 9.53 Å². The molecule has 1 aromatic rings. The van der Waals surface area contributed by atoms with Crippen molar-refractivity contribution in [1.82, 2.24) is 10.2 Å². The van der Waals surface area contributed by atoms with Gasteiger partial charge in [-0.2, -0.15) is 0 Å². The molecule has 0 radical (unpaired) electrons. The number of hydrogen-bond donors (Lipinski definition) is 2. The number of hydrogen-bond acceptors (Lipinski definition) is 3. The van der Waals surface area contributed by atoms with Crippen molar-refractivity contribution >= 4 is 23.3 Å². The average Bonchev–Trinajstić information content (AvgIpc) is 2.56. The smallest absolute Gasteiger partial charge is 0.337 e. The Morgan fingerprint density at radius 2 is 1.96 bits per heavy atom. The molecule has 0 saturated carbocycles. The fraction of sp³-hybridized carbons (Fsp3) is 0.444. The third-order valence-electron chi connectivity index (χ3n) is 4.35. The van der Waals surface area contributed by atoms with Crippen molar-refractivity contribution in [2.45, 2.75) is 19.4 Å². The maximum Gasteiger partial charge on any atom is 0.337 e. The fourth-order valence-electron chi connectivity index (χ4n) is 3.02. The second kappa shape index (κ2) is 8.55. The van der Waals surface area contributed by atoms with E-state index in [4.69, 9.17) is 17.0 Å². The predicted octanol–water partition coefficient (Wildman–Crippen LogP) is 1.18. The molecular formula is C18H24F2N3O2S+. The molecule has 0 unspecified atom stereocenters. The Labute approximate surface area is 157 Å². The quantitative estimate of drug-likeness (QED) is 0.570. The zero-order valence-electron chi connectivity index (χ0n) is 15.4. The zero-order chi connectivity index (χ0) is 19.4. The number of halogens is 2. The van der Waals surface area contributed by atoms with Crippen molar-refractivity contribution in [3.63, 3.8) is 0 Å². The molecule has 1 aliphatic rings. The van der Waals surface area contributed by atoms with Crippen LogP contribution in [0, 0.1) is 11.6 Å². The maximum absolute atomic E-state index is 14.3. The lowest BCUT2D eigenvalue weighted by Crippen LogP contribution is -3.05. The highest BCUT2D eigenvalue weighted by Crippen LogP contribution is 2.34. The van der Waals surface area contributed by atoms with E-state index in [2.05, 4.69) is 5.32 Å². The van der Waals surface area contributed by atoms with Gasteiger partial charge in [-0.25, -0.2) is 13.6 Å². The van der Waals surface area contributed by atoms with Gasteiger partial charge in [-0.05, 0) is 31.3 Å². The van der Waals surface area contributed by atoms with Crippen molar-refractivity contribution < 1.29 is 23.2 Å². The molecule has 26 heavy (non-hydrogen) atoms. The lowest BCUT2D eigenvalue weighted by atomic mass is 9.94. The third kappa shape index (κ3) is 4.19. The van der Waals surface area contributed by atoms with Crippen molar-refractivity contribution in [2.24, 2.45) is 0 Å². The van der Waals surface area contributed by atoms with E-state index < -0.39 is 23.6 Å². The molecule has 0 amide bonds. The molecule has 5 nitrogen and oxygen atoms in total. The molecule has 0 bridgehead atoms. The van der Waals surface area contributed by atoms with Gasteiger partial charge in [0.1, 0.15) is 11.6 Å². The van der Waals surface area contributed by atoms with Crippen LogP contribution in [-0.4, -0.2) is 50.3 Å². The molecule has 1 heterocycles. The van der Waals surface area contributed by atoms with Gasteiger partial charge >= 0.3 is 5.97 Å². The van der Waals surface area contributed by atoms with Crippen molar-refractivity contribution in [2.75, 3.05) is 34.3 Å². The van der Waals surface area contributed by atoms with Gasteiger partial charge in [0.25, 0.3) is 0 Å². The van der Waals surface area contributed by atoms with Crippen LogP contribution in [0.5, 0.6) is 0 Å². The van der Waals surface area contributed by atoms with E-state index in [1.54, 1.807) is 11.8 Å². The summed E-state index contributed by atoms with van der Waals surface area (Å²) in [4.78, 5) is 15.4. The van der Waals surface area contributed by atoms with Gasteiger partial charge in [0.15, 0.2) is 5.11 Å². The topological polar surface area (TPSA) is 46.0 Å². The summed E-state index contributed by atoms with van der Waals surface area (Å²) in [5.41, 5.74) is 0.455. The summed E-state index contributed by atoms with van der Waals surface area (Å²) in [6.07, 6.45) is 0.842. The second-order valence-electron chi connectivity index (χ2n) is 6.47. The molecule has 0 aromatic heterocycles. The third-order valence-corrected chi connectivity index (χ3v) is 4.69. The Kier molecular flexibility index (Phi) is 6.66. The standard InChI is InChI=1S/C18H23F2N3O2S/c1-11-14(17(24)25-4)16(15-12(19)7-5-8-13(15)20)21-18(26)23(11)10-6-9-22(2)3/h5,7-8,16H,6,9-10H2,1-4H3,(H,21,26)/p+1/t16-/m1/s1. The normalized spacial score (nSPS) is 17.6. The second-order valence-corrected chi connectivity index (χ2v) is 6.86. The van der Waals surface area contributed by atoms with E-state index in [0.29, 0.717) is 17.4 Å². The number of rotatable bonds is 6. The molecule has 2 rings (SSSR count). The number of esters is 1. The summed E-state index contributed by atoms with van der Waals surface area (Å²) in [7, 11) is 5.34. The monoisotopic (exact) mass is 384 g/mol. The van der Waals surface area contributed by atoms with E-state index in [1.165, 1.54) is 18.1 Å². The van der Waals surface area contributed by atoms with Gasteiger partial charge in [-0.1, -0.05) is 6.07 Å². The minimum absolute atomic E-state index is 0.155. The van der Waals surface area contributed by atoms with Crippen LogP contribution in [0.25, 0.3) is 0 Å². The predicted molar refractivity (Wildman–Crippen MR) is 98.5 cm³/mol. The molecule has 1 aromatic carbocycles. The highest BCUT2D eigenvalue weighted by atomic mass is 32.1. The summed E-state index contributed by atoms with van der Waals surface area (Å²) in [6, 6.07) is 2.55. The minimum atomic E-state index is -1.04. The number of nitrogens with zero attached hydrogens (tertiary/aromatic N) is 1. The van der Waals surface area contributed by atoms with E-state index in [9.17, 15) is 13.6 Å². The van der Waals surface area contributed by atoms with Gasteiger partial charge in [0.05, 0.1) is 44.9 Å². The highest BCUT2D eigenvalue weighted by molar-refractivity contribution is 7.80. The Bertz CT molecular complexity index is 717. The number of allylic oxidation sites excluding steroid dienone is 1. The Balaban J connectivity index is 2.46. The number of ether oxygens (including phenoxy) is 1. The van der Waals surface area contributed by atoms with E-state index in [1.807, 2.05) is 14.1 Å². The van der Waals surface area contributed by atoms with E-state index >= 15 is 0 Å². The first-order valence-corrected chi connectivity index (χ1v) is 8.78. The molecule has 1 atom stereocenters. The largest absolute Gasteiger partial charge is 0.466 e. The maximum atomic E-state index is 14.3. The summed E-state index contributed by atoms with van der Waals surface area (Å²) < 4.78 is 33.5. The summed E-state index contributed by atoms with van der Waals surface area (Å²) >= 11 is 5.40. The minimum Gasteiger partial charge on any atom is -0.466 e. The van der Waals surface area contributed by atoms with Crippen LogP contribution in [0.2, 0.25) is 0 Å². The van der Waals surface area contributed by atoms with Crippen molar-refractivity contribution in [3.05, 3.63) is 46.7 Å². The first kappa shape index (κ1) is 20.3. The molecule has 8 heteroatoms. The Hall–Kier alpha value is -2.06. The number of carbonyl (C=O) groups is 1. The lowest BCUT2D eigenvalue weighted by molar-refractivity contribution is -0.858. The molecular weight excluding hydrogens is 360 g/mol. The molecule has 0 spiro atoms. The average molecular weight is 384 g/mol. The van der Waals surface area contributed by atoms with Gasteiger partial charge < -0.3 is 19.9 Å². The molecule has 2 N–H and O–H groups in total. The van der Waals surface area contributed by atoms with Crippen LogP contribution >= 0.6 is 12.2 Å². The zero-order valence-corrected chi connectivity index (χ0v) is 16.2. The van der Waals surface area contributed by atoms with E-state index in [0.717, 1.165) is 25.1 Å². The highest BCUT2D eigenvalue weighted by Gasteiger charge is 2.37. The van der Waals surface area contributed by atoms with Crippen molar-refractivity contribution in [3.8, 4) is 0 Å². The van der Waals surface area contributed by atoms with Gasteiger partial charge in [0.2, 0.25) is 0 Å². The number of quaternary nitrogens is 1. The number of methoxy groups -OCH3 is 1. The molecule has 0 aliphatic carbocycles. The fourth-order valence-corrected chi connectivity index (χ4v) is 3.36. The van der Waals surface area contributed by atoms with Crippen LogP contribution in [0.15, 0.2) is 29.5 Å². The number of carbonyl (C=O) groups excluding carboxylic acids is 1. The van der Waals surface area contributed by atoms with Gasteiger partial charge in [0, 0.05) is 18.7 Å². The van der Waals surface area contributed by atoms with Crippen LogP contribution in [0.3, 0.4) is 0 Å². The molecule has 142 valence electrons. The number of thiocarbonyl (C=S) groups is 1. The summed E-state index contributed by atoms with van der Waals surface area (Å²) in [5.74, 6) is -2.14. The van der Waals surface area contributed by atoms with Crippen LogP contribution in [0.4, 0.5) is 8.78 Å². The molecule has 0 fully saturated rings. The number of benzene rings is 1. The SMILES string of the molecule is COC(=O)C1=C(C)N(CCC[NH+](C)C)C(=S)N[C@H]1c1c(F)cccc1F. The van der Waals surface area contributed by atoms with Crippen LogP contribution in [0.1, 0.15) is 24.9 Å². The molecule has 1 aliphatic heterocycles. The first-order chi connectivity index (χ1) is 12.3. The Morgan fingerprint density at radius 1 is 1.35 bits per heavy atom. The van der Waals surface area contributed by atoms with Gasteiger partial charge in [-0.15, -0.1) is 0 Å². The summed E-state index contributed by atoms with van der Waals surface area (Å²) in [5, 5.41) is 3.24. The van der Waals surface area contributed by atoms with Crippen molar-refractivity contribution in [1.29, 1.82) is 0 Å². The van der Waals surface area contributed by atoms with Gasteiger partial charge in [-0.3, -0.25) is 0 Å². The number of nitrogens with one attached hydrogen (secondary N) is 2. The first-order valence-electron chi connectivity index (χ1n) is 8.38. The van der Waals surface area contributed by atoms with Crippen LogP contribution < -0.4 is 10.2 Å².